The Morgan fingerprint density at radius 3 is 2.50 bits per heavy atom. The summed E-state index contributed by atoms with van der Waals surface area (Å²) in [4.78, 5) is 7.11. The fraction of sp³-hybridized carbons (Fsp3) is 0.667. The Hall–Kier alpha value is -0.900. The summed E-state index contributed by atoms with van der Waals surface area (Å²) in [5.74, 6) is 0.851. The van der Waals surface area contributed by atoms with Crippen LogP contribution in [0.2, 0.25) is 0 Å². The van der Waals surface area contributed by atoms with Crippen molar-refractivity contribution >= 4 is 29.9 Å². The molecule has 1 aromatic rings. The lowest BCUT2D eigenvalue weighted by Crippen LogP contribution is -2.41. The van der Waals surface area contributed by atoms with Gasteiger partial charge in [0.25, 0.3) is 0 Å². The molecule has 3 N–H and O–H groups in total. The van der Waals surface area contributed by atoms with E-state index in [0.29, 0.717) is 12.6 Å². The quantitative estimate of drug-likeness (QED) is 0.304. The summed E-state index contributed by atoms with van der Waals surface area (Å²) in [7, 11) is 0. The van der Waals surface area contributed by atoms with Crippen LogP contribution in [0.1, 0.15) is 43.7 Å². The summed E-state index contributed by atoms with van der Waals surface area (Å²) in [5.41, 5.74) is 2.53. The Labute approximate surface area is 186 Å². The summed E-state index contributed by atoms with van der Waals surface area (Å²) >= 11 is 0. The van der Waals surface area contributed by atoms with Crippen molar-refractivity contribution in [1.82, 2.24) is 15.5 Å². The molecule has 2 fully saturated rings. The minimum absolute atomic E-state index is 0. The number of piperidine rings is 1. The maximum absolute atomic E-state index is 9.61. The molecule has 0 aromatic heterocycles. The smallest absolute Gasteiger partial charge is 0.191 e. The summed E-state index contributed by atoms with van der Waals surface area (Å²) in [6.45, 7) is 8.21. The maximum Gasteiger partial charge on any atom is 0.191 e. The number of rotatable bonds is 7. The van der Waals surface area contributed by atoms with Crippen molar-refractivity contribution in [3.8, 4) is 0 Å². The van der Waals surface area contributed by atoms with Crippen LogP contribution >= 0.6 is 24.0 Å². The van der Waals surface area contributed by atoms with Crippen molar-refractivity contribution in [2.24, 2.45) is 4.99 Å². The van der Waals surface area contributed by atoms with E-state index < -0.39 is 0 Å². The van der Waals surface area contributed by atoms with Crippen LogP contribution in [0.15, 0.2) is 29.3 Å². The molecule has 0 radical (unpaired) electrons. The number of hydrogen-bond donors (Lipinski definition) is 3. The fourth-order valence-electron chi connectivity index (χ4n) is 3.61. The van der Waals surface area contributed by atoms with Crippen molar-refractivity contribution in [2.75, 3.05) is 32.8 Å². The molecule has 0 amide bonds. The van der Waals surface area contributed by atoms with Crippen molar-refractivity contribution in [2.45, 2.75) is 57.9 Å². The van der Waals surface area contributed by atoms with Gasteiger partial charge in [0.2, 0.25) is 0 Å². The van der Waals surface area contributed by atoms with Crippen LogP contribution < -0.4 is 10.6 Å². The van der Waals surface area contributed by atoms with Gasteiger partial charge in [-0.05, 0) is 43.7 Å². The molecule has 0 bridgehead atoms. The number of halogens is 1. The molecule has 0 saturated carbocycles. The third-order valence-electron chi connectivity index (χ3n) is 5.27. The van der Waals surface area contributed by atoms with Crippen LogP contribution in [0.5, 0.6) is 0 Å². The predicted octanol–water partition coefficient (Wildman–Crippen LogP) is 2.50. The Bertz CT molecular complexity index is 583. The summed E-state index contributed by atoms with van der Waals surface area (Å²) in [6, 6.07) is 8.73. The van der Waals surface area contributed by atoms with E-state index in [2.05, 4.69) is 46.7 Å². The Balaban J connectivity index is 0.00000280. The van der Waals surface area contributed by atoms with Crippen LogP contribution in [-0.4, -0.2) is 61.0 Å². The lowest BCUT2D eigenvalue weighted by Gasteiger charge is -2.29. The molecule has 3 rings (SSSR count). The average Bonchev–Trinajstić information content (AvgIpc) is 3.21. The third-order valence-corrected chi connectivity index (χ3v) is 5.27. The van der Waals surface area contributed by atoms with E-state index in [9.17, 15) is 5.11 Å². The molecule has 1 unspecified atom stereocenters. The van der Waals surface area contributed by atoms with Crippen molar-refractivity contribution in [3.05, 3.63) is 35.4 Å². The number of aliphatic imine (C=N–C) groups is 1. The van der Waals surface area contributed by atoms with Gasteiger partial charge in [0.05, 0.1) is 18.8 Å². The summed E-state index contributed by atoms with van der Waals surface area (Å²) in [6.07, 6.45) is 4.26. The van der Waals surface area contributed by atoms with Gasteiger partial charge in [0.1, 0.15) is 0 Å². The zero-order chi connectivity index (χ0) is 18.9. The molecular weight excluding hydrogens is 467 g/mol. The number of aliphatic hydroxyl groups is 1. The zero-order valence-electron chi connectivity index (χ0n) is 16.9. The van der Waals surface area contributed by atoms with Crippen molar-refractivity contribution in [1.29, 1.82) is 0 Å². The SMILES string of the molecule is CCNC(=NCc1ccc(CN2CCC(O)CC2)cc1)NCC1CCCO1.I. The molecule has 6 nitrogen and oxygen atoms in total. The van der Waals surface area contributed by atoms with E-state index in [4.69, 9.17) is 9.73 Å². The first-order chi connectivity index (χ1) is 13.2. The van der Waals surface area contributed by atoms with E-state index in [-0.39, 0.29) is 30.1 Å². The number of hydrogen-bond acceptors (Lipinski definition) is 4. The molecule has 2 aliphatic rings. The highest BCUT2D eigenvalue weighted by Crippen LogP contribution is 2.14. The van der Waals surface area contributed by atoms with Crippen molar-refractivity contribution < 1.29 is 9.84 Å². The number of benzene rings is 1. The predicted molar refractivity (Wildman–Crippen MR) is 124 cm³/mol. The fourth-order valence-corrected chi connectivity index (χ4v) is 3.61. The number of nitrogens with zero attached hydrogens (tertiary/aromatic N) is 2. The normalized spacial score (nSPS) is 21.4. The molecule has 1 atom stereocenters. The maximum atomic E-state index is 9.61. The Kier molecular flexibility index (Phi) is 10.5. The molecule has 2 aliphatic heterocycles. The van der Waals surface area contributed by atoms with E-state index in [1.807, 2.05) is 0 Å². The molecule has 2 saturated heterocycles. The largest absolute Gasteiger partial charge is 0.393 e. The molecule has 158 valence electrons. The second-order valence-electron chi connectivity index (χ2n) is 7.53. The van der Waals surface area contributed by atoms with Gasteiger partial charge >= 0.3 is 0 Å². The highest BCUT2D eigenvalue weighted by molar-refractivity contribution is 14.0. The first kappa shape index (κ1) is 23.4. The molecule has 0 aliphatic carbocycles. The lowest BCUT2D eigenvalue weighted by molar-refractivity contribution is 0.0792. The number of ether oxygens (including phenoxy) is 1. The summed E-state index contributed by atoms with van der Waals surface area (Å²) in [5, 5.41) is 16.3. The molecule has 7 heteroatoms. The Morgan fingerprint density at radius 1 is 1.14 bits per heavy atom. The highest BCUT2D eigenvalue weighted by Gasteiger charge is 2.17. The second kappa shape index (κ2) is 12.6. The molecule has 28 heavy (non-hydrogen) atoms. The van der Waals surface area contributed by atoms with Gasteiger partial charge in [0.15, 0.2) is 5.96 Å². The van der Waals surface area contributed by atoms with Crippen molar-refractivity contribution in [3.63, 3.8) is 0 Å². The van der Waals surface area contributed by atoms with Gasteiger partial charge in [-0.3, -0.25) is 4.90 Å². The van der Waals surface area contributed by atoms with Crippen LogP contribution in [-0.2, 0) is 17.8 Å². The van der Waals surface area contributed by atoms with Crippen LogP contribution in [0.4, 0.5) is 0 Å². The lowest BCUT2D eigenvalue weighted by atomic mass is 10.1. The monoisotopic (exact) mass is 502 g/mol. The molecular formula is C21H35IN4O2. The average molecular weight is 502 g/mol. The van der Waals surface area contributed by atoms with E-state index in [1.54, 1.807) is 0 Å². The number of guanidine groups is 1. The van der Waals surface area contributed by atoms with Crippen LogP contribution in [0, 0.1) is 0 Å². The minimum atomic E-state index is -0.110. The first-order valence-corrected chi connectivity index (χ1v) is 10.3. The topological polar surface area (TPSA) is 69.1 Å². The highest BCUT2D eigenvalue weighted by atomic mass is 127. The summed E-state index contributed by atoms with van der Waals surface area (Å²) < 4.78 is 5.66. The van der Waals surface area contributed by atoms with Gasteiger partial charge in [-0.1, -0.05) is 24.3 Å². The van der Waals surface area contributed by atoms with E-state index in [1.165, 1.54) is 11.1 Å². The number of nitrogens with one attached hydrogen (secondary N) is 2. The van der Waals surface area contributed by atoms with Gasteiger partial charge < -0.3 is 20.5 Å². The van der Waals surface area contributed by atoms with Gasteiger partial charge in [-0.15, -0.1) is 24.0 Å². The van der Waals surface area contributed by atoms with Gasteiger partial charge in [-0.2, -0.15) is 0 Å². The molecule has 2 heterocycles. The van der Waals surface area contributed by atoms with Crippen LogP contribution in [0.3, 0.4) is 0 Å². The van der Waals surface area contributed by atoms with E-state index >= 15 is 0 Å². The Morgan fingerprint density at radius 2 is 1.86 bits per heavy atom. The number of likely N-dealkylation sites (tertiary alicyclic amines) is 1. The number of aliphatic hydroxyl groups excluding tert-OH is 1. The molecule has 1 aromatic carbocycles. The molecule has 0 spiro atoms. The van der Waals surface area contributed by atoms with E-state index in [0.717, 1.165) is 71.0 Å². The second-order valence-corrected chi connectivity index (χ2v) is 7.53. The standard InChI is InChI=1S/C21H34N4O2.HI/c1-2-22-21(24-15-20-4-3-13-27-20)23-14-17-5-7-18(8-6-17)16-25-11-9-19(26)10-12-25;/h5-8,19-20,26H,2-4,9-16H2,1H3,(H2,22,23,24);1H. The first-order valence-electron chi connectivity index (χ1n) is 10.3. The minimum Gasteiger partial charge on any atom is -0.393 e. The van der Waals surface area contributed by atoms with Crippen LogP contribution in [0.25, 0.3) is 0 Å². The van der Waals surface area contributed by atoms with Gasteiger partial charge in [0, 0.05) is 39.3 Å². The van der Waals surface area contributed by atoms with Gasteiger partial charge in [-0.25, -0.2) is 4.99 Å². The third kappa shape index (κ3) is 7.85. The zero-order valence-corrected chi connectivity index (χ0v) is 19.2.